The Bertz CT molecular complexity index is 941. The summed E-state index contributed by atoms with van der Waals surface area (Å²) in [6.07, 6.45) is 2.11. The fraction of sp³-hybridized carbons (Fsp3) is 0.222. The van der Waals surface area contributed by atoms with Gasteiger partial charge in [0.1, 0.15) is 11.6 Å². The number of nitrogens with zero attached hydrogens (tertiary/aromatic N) is 2. The molecule has 0 amide bonds. The highest BCUT2D eigenvalue weighted by Crippen LogP contribution is 2.38. The Morgan fingerprint density at radius 2 is 1.83 bits per heavy atom. The minimum atomic E-state index is -0.188. The van der Waals surface area contributed by atoms with Crippen LogP contribution in [0, 0.1) is 0 Å². The number of methoxy groups -OCH3 is 1. The Balaban J connectivity index is 1.85. The fourth-order valence-electron chi connectivity index (χ4n) is 2.81. The predicted molar refractivity (Wildman–Crippen MR) is 90.1 cm³/mol. The Morgan fingerprint density at radius 3 is 2.48 bits per heavy atom. The first-order valence-corrected chi connectivity index (χ1v) is 7.63. The Kier molecular flexibility index (Phi) is 3.08. The number of nitrogens with two attached hydrogens (primary N) is 1. The molecule has 116 valence electrons. The molecule has 1 heterocycles. The lowest BCUT2D eigenvalue weighted by Gasteiger charge is -2.09. The number of benzene rings is 2. The molecule has 3 aromatic rings. The van der Waals surface area contributed by atoms with Gasteiger partial charge in [-0.3, -0.25) is 4.79 Å². The average molecular weight is 307 g/mol. The van der Waals surface area contributed by atoms with E-state index in [2.05, 4.69) is 4.98 Å². The van der Waals surface area contributed by atoms with Crippen LogP contribution in [0.4, 0.5) is 0 Å². The van der Waals surface area contributed by atoms with E-state index in [1.807, 2.05) is 42.5 Å². The Morgan fingerprint density at radius 1 is 1.13 bits per heavy atom. The highest BCUT2D eigenvalue weighted by atomic mass is 16.5. The molecule has 0 radical (unpaired) electrons. The average Bonchev–Trinajstić information content (AvgIpc) is 3.43. The minimum absolute atomic E-state index is 0.188. The lowest BCUT2D eigenvalue weighted by molar-refractivity contribution is 0.415. The highest BCUT2D eigenvalue weighted by molar-refractivity contribution is 5.84. The van der Waals surface area contributed by atoms with Gasteiger partial charge in [-0.15, -0.1) is 0 Å². The van der Waals surface area contributed by atoms with Crippen molar-refractivity contribution in [3.05, 3.63) is 58.6 Å². The van der Waals surface area contributed by atoms with Gasteiger partial charge in [0.2, 0.25) is 0 Å². The highest BCUT2D eigenvalue weighted by Gasteiger charge is 2.28. The molecule has 1 fully saturated rings. The van der Waals surface area contributed by atoms with E-state index in [1.54, 1.807) is 7.11 Å². The molecule has 0 spiro atoms. The van der Waals surface area contributed by atoms with Crippen LogP contribution in [-0.2, 0) is 0 Å². The summed E-state index contributed by atoms with van der Waals surface area (Å²) in [5, 5.41) is 0.546. The van der Waals surface area contributed by atoms with Gasteiger partial charge in [0, 0.05) is 5.92 Å². The van der Waals surface area contributed by atoms with E-state index in [4.69, 9.17) is 10.6 Å². The molecule has 1 aliphatic rings. The Hall–Kier alpha value is -2.82. The van der Waals surface area contributed by atoms with Crippen molar-refractivity contribution in [3.8, 4) is 16.9 Å². The molecule has 0 bridgehead atoms. The van der Waals surface area contributed by atoms with Gasteiger partial charge in [-0.2, -0.15) is 0 Å². The second-order valence-corrected chi connectivity index (χ2v) is 5.88. The number of fused-ring (bicyclic) bond motifs is 1. The second kappa shape index (κ2) is 5.12. The van der Waals surface area contributed by atoms with E-state index in [0.717, 1.165) is 29.7 Å². The van der Waals surface area contributed by atoms with Gasteiger partial charge in [-0.25, -0.2) is 9.66 Å². The number of ether oxygens (including phenoxy) is 1. The first-order valence-electron chi connectivity index (χ1n) is 7.63. The monoisotopic (exact) mass is 307 g/mol. The molecule has 2 aromatic carbocycles. The van der Waals surface area contributed by atoms with E-state index in [-0.39, 0.29) is 5.56 Å². The summed E-state index contributed by atoms with van der Waals surface area (Å²) in [7, 11) is 1.64. The molecule has 0 saturated heterocycles. The summed E-state index contributed by atoms with van der Waals surface area (Å²) in [6.45, 7) is 0. The number of nitrogen functional groups attached to an aromatic ring is 1. The van der Waals surface area contributed by atoms with Crippen molar-refractivity contribution in [1.29, 1.82) is 0 Å². The number of hydrogen-bond donors (Lipinski definition) is 1. The lowest BCUT2D eigenvalue weighted by atomic mass is 10.0. The van der Waals surface area contributed by atoms with E-state index >= 15 is 0 Å². The van der Waals surface area contributed by atoms with Crippen molar-refractivity contribution in [2.75, 3.05) is 13.0 Å². The van der Waals surface area contributed by atoms with Gasteiger partial charge in [-0.05, 0) is 48.2 Å². The van der Waals surface area contributed by atoms with E-state index in [0.29, 0.717) is 22.6 Å². The molecule has 1 aliphatic carbocycles. The smallest absolute Gasteiger partial charge is 0.279 e. The summed E-state index contributed by atoms with van der Waals surface area (Å²) in [6, 6.07) is 13.5. The predicted octanol–water partition coefficient (Wildman–Crippen LogP) is 2.66. The largest absolute Gasteiger partial charge is 0.497 e. The molecule has 5 nitrogen and oxygen atoms in total. The molecule has 2 N–H and O–H groups in total. The first kappa shape index (κ1) is 13.8. The van der Waals surface area contributed by atoms with E-state index < -0.39 is 0 Å². The maximum Gasteiger partial charge on any atom is 0.279 e. The standard InChI is InChI=1S/C18H17N3O2/c1-23-14-7-4-11(5-8-14)13-6-9-16-15(10-13)18(22)21(19)17(20-16)12-2-3-12/h4-10,12H,2-3,19H2,1H3. The zero-order chi connectivity index (χ0) is 16.0. The molecule has 4 rings (SSSR count). The summed E-state index contributed by atoms with van der Waals surface area (Å²) < 4.78 is 6.38. The zero-order valence-corrected chi connectivity index (χ0v) is 12.8. The molecule has 0 aliphatic heterocycles. The topological polar surface area (TPSA) is 70.1 Å². The maximum atomic E-state index is 12.5. The molecule has 1 aromatic heterocycles. The molecular formula is C18H17N3O2. The Labute approximate surface area is 133 Å². The molecule has 23 heavy (non-hydrogen) atoms. The normalized spacial score (nSPS) is 14.1. The minimum Gasteiger partial charge on any atom is -0.497 e. The fourth-order valence-corrected chi connectivity index (χ4v) is 2.81. The van der Waals surface area contributed by atoms with Crippen LogP contribution >= 0.6 is 0 Å². The van der Waals surface area contributed by atoms with Crippen molar-refractivity contribution >= 4 is 10.9 Å². The van der Waals surface area contributed by atoms with E-state index in [9.17, 15) is 4.79 Å². The molecule has 0 atom stereocenters. The van der Waals surface area contributed by atoms with Crippen LogP contribution in [0.1, 0.15) is 24.6 Å². The van der Waals surface area contributed by atoms with Crippen molar-refractivity contribution in [2.45, 2.75) is 18.8 Å². The van der Waals surface area contributed by atoms with Crippen LogP contribution in [-0.4, -0.2) is 16.8 Å². The van der Waals surface area contributed by atoms with Crippen molar-refractivity contribution < 1.29 is 4.74 Å². The zero-order valence-electron chi connectivity index (χ0n) is 12.8. The molecule has 5 heteroatoms. The maximum absolute atomic E-state index is 12.5. The number of aromatic nitrogens is 2. The molecular weight excluding hydrogens is 290 g/mol. The third-order valence-corrected chi connectivity index (χ3v) is 4.29. The number of rotatable bonds is 3. The second-order valence-electron chi connectivity index (χ2n) is 5.88. The van der Waals surface area contributed by atoms with E-state index in [1.165, 1.54) is 4.68 Å². The molecule has 1 saturated carbocycles. The summed E-state index contributed by atoms with van der Waals surface area (Å²) in [5.74, 6) is 7.77. The first-order chi connectivity index (χ1) is 11.2. The molecule has 0 unspecified atom stereocenters. The SMILES string of the molecule is COc1ccc(-c2ccc3nc(C4CC4)n(N)c(=O)c3c2)cc1. The number of hydrogen-bond acceptors (Lipinski definition) is 4. The third-order valence-electron chi connectivity index (χ3n) is 4.29. The quantitative estimate of drug-likeness (QED) is 0.755. The van der Waals surface area contributed by atoms with Crippen LogP contribution in [0.2, 0.25) is 0 Å². The van der Waals surface area contributed by atoms with Gasteiger partial charge in [0.05, 0.1) is 18.0 Å². The van der Waals surface area contributed by atoms with Gasteiger partial charge >= 0.3 is 0 Å². The van der Waals surface area contributed by atoms with Crippen molar-refractivity contribution in [1.82, 2.24) is 9.66 Å². The van der Waals surface area contributed by atoms with Gasteiger partial charge < -0.3 is 10.6 Å². The van der Waals surface area contributed by atoms with Crippen LogP contribution in [0.5, 0.6) is 5.75 Å². The summed E-state index contributed by atoms with van der Waals surface area (Å²) >= 11 is 0. The van der Waals surface area contributed by atoms with Crippen LogP contribution in [0.25, 0.3) is 22.0 Å². The van der Waals surface area contributed by atoms with Gasteiger partial charge in [-0.1, -0.05) is 18.2 Å². The van der Waals surface area contributed by atoms with Gasteiger partial charge in [0.25, 0.3) is 5.56 Å². The van der Waals surface area contributed by atoms with Crippen molar-refractivity contribution in [2.24, 2.45) is 0 Å². The lowest BCUT2D eigenvalue weighted by Crippen LogP contribution is -2.31. The summed E-state index contributed by atoms with van der Waals surface area (Å²) in [4.78, 5) is 17.1. The van der Waals surface area contributed by atoms with Crippen LogP contribution < -0.4 is 16.1 Å². The van der Waals surface area contributed by atoms with Gasteiger partial charge in [0.15, 0.2) is 0 Å². The van der Waals surface area contributed by atoms with Crippen molar-refractivity contribution in [3.63, 3.8) is 0 Å². The van der Waals surface area contributed by atoms with Crippen LogP contribution in [0.3, 0.4) is 0 Å². The third kappa shape index (κ3) is 2.34. The van der Waals surface area contributed by atoms with Crippen LogP contribution in [0.15, 0.2) is 47.3 Å². The summed E-state index contributed by atoms with van der Waals surface area (Å²) in [5.41, 5.74) is 2.49.